The van der Waals surface area contributed by atoms with Gasteiger partial charge in [0.25, 0.3) is 0 Å². The molecule has 0 radical (unpaired) electrons. The van der Waals surface area contributed by atoms with Crippen LogP contribution in [0.2, 0.25) is 0 Å². The fourth-order valence-corrected chi connectivity index (χ4v) is 1.20. The second-order valence-corrected chi connectivity index (χ2v) is 3.58. The Bertz CT molecular complexity index is 284. The summed E-state index contributed by atoms with van der Waals surface area (Å²) in [6.07, 6.45) is 2.78. The fraction of sp³-hybridized carbons (Fsp3) is 0.714. The third-order valence-corrected chi connectivity index (χ3v) is 2.36. The number of nitrogens with one attached hydrogen (secondary N) is 1. The number of hydrogen-bond acceptors (Lipinski definition) is 2. The molecule has 0 aliphatic carbocycles. The molecule has 1 heterocycles. The molecule has 1 rings (SSSR count). The number of aromatic nitrogens is 3. The van der Waals surface area contributed by atoms with Gasteiger partial charge in [0.05, 0.1) is 0 Å². The average molecular weight is 171 g/mol. The largest absolute Gasteiger partial charge is 0.301 e. The lowest BCUT2D eigenvalue weighted by Crippen LogP contribution is -2.24. The molecule has 0 aliphatic heterocycles. The molecule has 0 atom stereocenters. The highest BCUT2D eigenvalue weighted by molar-refractivity contribution is 7.71. The Labute approximate surface area is 71.4 Å². The van der Waals surface area contributed by atoms with Gasteiger partial charge in [0, 0.05) is 5.54 Å². The highest BCUT2D eigenvalue weighted by Gasteiger charge is 2.17. The minimum atomic E-state index is 0.0735. The molecule has 1 aromatic rings. The molecule has 0 fully saturated rings. The lowest BCUT2D eigenvalue weighted by Gasteiger charge is -2.23. The minimum absolute atomic E-state index is 0.0735. The Morgan fingerprint density at radius 2 is 2.36 bits per heavy atom. The fourth-order valence-electron chi connectivity index (χ4n) is 0.850. The molecule has 4 heteroatoms. The topological polar surface area (TPSA) is 33.6 Å². The molecule has 11 heavy (non-hydrogen) atoms. The van der Waals surface area contributed by atoms with Crippen LogP contribution >= 0.6 is 12.2 Å². The van der Waals surface area contributed by atoms with E-state index in [0.717, 1.165) is 6.42 Å². The standard InChI is InChI=1S/C7H13N3S/c1-4-7(2,3)10-5-8-9-6(10)11/h5H,4H2,1-3H3,(H,9,11). The van der Waals surface area contributed by atoms with Gasteiger partial charge in [-0.05, 0) is 32.5 Å². The maximum absolute atomic E-state index is 5.04. The van der Waals surface area contributed by atoms with Crippen molar-refractivity contribution in [3.05, 3.63) is 11.1 Å². The monoisotopic (exact) mass is 171 g/mol. The van der Waals surface area contributed by atoms with Crippen LogP contribution in [-0.4, -0.2) is 14.8 Å². The second kappa shape index (κ2) is 2.77. The third-order valence-electron chi connectivity index (χ3n) is 2.07. The summed E-state index contributed by atoms with van der Waals surface area (Å²) in [4.78, 5) is 0. The van der Waals surface area contributed by atoms with Crippen LogP contribution in [0.25, 0.3) is 0 Å². The summed E-state index contributed by atoms with van der Waals surface area (Å²) >= 11 is 5.04. The van der Waals surface area contributed by atoms with Gasteiger partial charge in [-0.25, -0.2) is 0 Å². The van der Waals surface area contributed by atoms with Crippen LogP contribution in [-0.2, 0) is 5.54 Å². The Morgan fingerprint density at radius 1 is 1.73 bits per heavy atom. The van der Waals surface area contributed by atoms with Crippen molar-refractivity contribution >= 4 is 12.2 Å². The van der Waals surface area contributed by atoms with Crippen molar-refractivity contribution in [2.75, 3.05) is 0 Å². The quantitative estimate of drug-likeness (QED) is 0.691. The molecule has 62 valence electrons. The van der Waals surface area contributed by atoms with E-state index < -0.39 is 0 Å². The lowest BCUT2D eigenvalue weighted by atomic mass is 10.0. The van der Waals surface area contributed by atoms with Crippen LogP contribution in [0.5, 0.6) is 0 Å². The molecule has 1 aromatic heterocycles. The molecule has 3 nitrogen and oxygen atoms in total. The second-order valence-electron chi connectivity index (χ2n) is 3.20. The molecule has 0 bridgehead atoms. The van der Waals surface area contributed by atoms with Gasteiger partial charge in [0.2, 0.25) is 0 Å². The van der Waals surface area contributed by atoms with Gasteiger partial charge < -0.3 is 4.57 Å². The van der Waals surface area contributed by atoms with Crippen LogP contribution in [0.1, 0.15) is 27.2 Å². The smallest absolute Gasteiger partial charge is 0.195 e. The van der Waals surface area contributed by atoms with E-state index in [0.29, 0.717) is 4.77 Å². The summed E-state index contributed by atoms with van der Waals surface area (Å²) in [6, 6.07) is 0. The summed E-state index contributed by atoms with van der Waals surface area (Å²) < 4.78 is 2.67. The highest BCUT2D eigenvalue weighted by atomic mass is 32.1. The summed E-state index contributed by atoms with van der Waals surface area (Å²) in [5.41, 5.74) is 0.0735. The normalized spacial score (nSPS) is 11.9. The summed E-state index contributed by atoms with van der Waals surface area (Å²) in [5.74, 6) is 0. The van der Waals surface area contributed by atoms with Gasteiger partial charge in [-0.3, -0.25) is 5.10 Å². The first-order valence-electron chi connectivity index (χ1n) is 3.70. The van der Waals surface area contributed by atoms with E-state index in [-0.39, 0.29) is 5.54 Å². The minimum Gasteiger partial charge on any atom is -0.301 e. The van der Waals surface area contributed by atoms with Crippen molar-refractivity contribution in [3.8, 4) is 0 Å². The van der Waals surface area contributed by atoms with Gasteiger partial charge in [-0.1, -0.05) is 6.92 Å². The molecule has 0 saturated carbocycles. The number of nitrogens with zero attached hydrogens (tertiary/aromatic N) is 2. The first-order valence-corrected chi connectivity index (χ1v) is 4.11. The summed E-state index contributed by atoms with van der Waals surface area (Å²) in [7, 11) is 0. The molecule has 0 spiro atoms. The van der Waals surface area contributed by atoms with Gasteiger partial charge in [0.15, 0.2) is 4.77 Å². The molecule has 0 amide bonds. The van der Waals surface area contributed by atoms with E-state index in [1.165, 1.54) is 0 Å². The maximum Gasteiger partial charge on any atom is 0.195 e. The van der Waals surface area contributed by atoms with Gasteiger partial charge in [-0.2, -0.15) is 5.10 Å². The number of rotatable bonds is 2. The van der Waals surface area contributed by atoms with Crippen molar-refractivity contribution in [2.45, 2.75) is 32.7 Å². The van der Waals surface area contributed by atoms with E-state index in [4.69, 9.17) is 12.2 Å². The van der Waals surface area contributed by atoms with Crippen molar-refractivity contribution in [1.29, 1.82) is 0 Å². The van der Waals surface area contributed by atoms with Crippen LogP contribution in [0.4, 0.5) is 0 Å². The van der Waals surface area contributed by atoms with E-state index in [1.54, 1.807) is 6.33 Å². The lowest BCUT2D eigenvalue weighted by molar-refractivity contribution is 0.337. The summed E-state index contributed by atoms with van der Waals surface area (Å²) in [5, 5.41) is 6.61. The van der Waals surface area contributed by atoms with Crippen LogP contribution in [0.3, 0.4) is 0 Å². The van der Waals surface area contributed by atoms with Gasteiger partial charge in [0.1, 0.15) is 6.33 Å². The first-order chi connectivity index (χ1) is 5.08. The Hall–Kier alpha value is -0.640. The molecular formula is C7H13N3S. The Balaban J connectivity index is 3.11. The van der Waals surface area contributed by atoms with E-state index in [9.17, 15) is 0 Å². The SMILES string of the molecule is CCC(C)(C)n1cn[nH]c1=S. The molecular weight excluding hydrogens is 158 g/mol. The zero-order chi connectivity index (χ0) is 8.48. The van der Waals surface area contributed by atoms with E-state index in [2.05, 4.69) is 31.0 Å². The Morgan fingerprint density at radius 3 is 2.73 bits per heavy atom. The van der Waals surface area contributed by atoms with E-state index in [1.807, 2.05) is 4.57 Å². The highest BCUT2D eigenvalue weighted by Crippen LogP contribution is 2.18. The molecule has 0 aliphatic rings. The Kier molecular flexibility index (Phi) is 2.13. The van der Waals surface area contributed by atoms with Crippen molar-refractivity contribution in [2.24, 2.45) is 0 Å². The number of aromatic amines is 1. The van der Waals surface area contributed by atoms with Crippen molar-refractivity contribution < 1.29 is 0 Å². The molecule has 0 aromatic carbocycles. The third kappa shape index (κ3) is 1.50. The number of hydrogen-bond donors (Lipinski definition) is 1. The maximum atomic E-state index is 5.04. The van der Waals surface area contributed by atoms with Gasteiger partial charge >= 0.3 is 0 Å². The van der Waals surface area contributed by atoms with Crippen LogP contribution in [0.15, 0.2) is 6.33 Å². The van der Waals surface area contributed by atoms with Crippen LogP contribution < -0.4 is 0 Å². The average Bonchev–Trinajstić information content (AvgIpc) is 2.36. The molecule has 0 saturated heterocycles. The van der Waals surface area contributed by atoms with E-state index >= 15 is 0 Å². The molecule has 0 unspecified atom stereocenters. The predicted octanol–water partition coefficient (Wildman–Crippen LogP) is 2.09. The summed E-state index contributed by atoms with van der Waals surface area (Å²) in [6.45, 7) is 6.41. The van der Waals surface area contributed by atoms with Crippen LogP contribution in [0, 0.1) is 4.77 Å². The van der Waals surface area contributed by atoms with Crippen molar-refractivity contribution in [3.63, 3.8) is 0 Å². The predicted molar refractivity (Wildman–Crippen MR) is 47.0 cm³/mol. The zero-order valence-corrected chi connectivity index (χ0v) is 7.90. The molecule has 1 N–H and O–H groups in total. The van der Waals surface area contributed by atoms with Crippen molar-refractivity contribution in [1.82, 2.24) is 14.8 Å². The zero-order valence-electron chi connectivity index (χ0n) is 7.09. The number of H-pyrrole nitrogens is 1. The first kappa shape index (κ1) is 8.46. The van der Waals surface area contributed by atoms with Gasteiger partial charge in [-0.15, -0.1) is 0 Å².